The summed E-state index contributed by atoms with van der Waals surface area (Å²) in [5, 5.41) is 0. The van der Waals surface area contributed by atoms with Crippen LogP contribution in [0.15, 0.2) is 90.6 Å². The highest BCUT2D eigenvalue weighted by molar-refractivity contribution is 5.86. The van der Waals surface area contributed by atoms with E-state index in [-0.39, 0.29) is 5.82 Å². The predicted molar refractivity (Wildman–Crippen MR) is 127 cm³/mol. The highest BCUT2D eigenvalue weighted by Gasteiger charge is 2.29. The first kappa shape index (κ1) is 24.0. The van der Waals surface area contributed by atoms with Crippen LogP contribution in [0.4, 0.5) is 28.9 Å². The van der Waals surface area contributed by atoms with Gasteiger partial charge in [0.2, 0.25) is 0 Å². The molecule has 0 aliphatic heterocycles. The second-order valence-electron chi connectivity index (χ2n) is 7.50. The molecule has 0 saturated heterocycles. The van der Waals surface area contributed by atoms with Crippen molar-refractivity contribution in [2.75, 3.05) is 11.9 Å². The Morgan fingerprint density at radius 2 is 1.67 bits per heavy atom. The molecule has 0 atom stereocenters. The first-order valence-electron chi connectivity index (χ1n) is 10.3. The van der Waals surface area contributed by atoms with Crippen molar-refractivity contribution in [1.29, 1.82) is 0 Å². The molecule has 0 radical (unpaired) electrons. The van der Waals surface area contributed by atoms with Gasteiger partial charge >= 0.3 is 6.18 Å². The Balaban J connectivity index is 1.98. The minimum absolute atomic E-state index is 0.325. The first-order valence-corrected chi connectivity index (χ1v) is 10.3. The van der Waals surface area contributed by atoms with Gasteiger partial charge in [0.25, 0.3) is 0 Å². The van der Waals surface area contributed by atoms with Crippen molar-refractivity contribution in [1.82, 2.24) is 0 Å². The van der Waals surface area contributed by atoms with Crippen molar-refractivity contribution in [2.45, 2.75) is 19.5 Å². The Labute approximate surface area is 191 Å². The summed E-state index contributed by atoms with van der Waals surface area (Å²) in [6.07, 6.45) is 1.22. The zero-order valence-corrected chi connectivity index (χ0v) is 18.4. The lowest BCUT2D eigenvalue weighted by atomic mass is 9.95. The molecule has 6 heteroatoms. The van der Waals surface area contributed by atoms with E-state index in [2.05, 4.69) is 11.6 Å². The van der Waals surface area contributed by atoms with Gasteiger partial charge in [-0.2, -0.15) is 13.2 Å². The number of nitrogens with zero attached hydrogens (tertiary/aromatic N) is 2. The Morgan fingerprint density at radius 3 is 2.24 bits per heavy atom. The minimum Gasteiger partial charge on any atom is -0.317 e. The molecular formula is C27H24F4N2. The van der Waals surface area contributed by atoms with E-state index >= 15 is 0 Å². The van der Waals surface area contributed by atoms with Gasteiger partial charge in [-0.25, -0.2) is 4.39 Å². The van der Waals surface area contributed by atoms with Crippen molar-refractivity contribution in [3.8, 4) is 0 Å². The van der Waals surface area contributed by atoms with Crippen molar-refractivity contribution in [2.24, 2.45) is 4.99 Å². The van der Waals surface area contributed by atoms with Crippen LogP contribution in [-0.2, 0) is 12.6 Å². The highest BCUT2D eigenvalue weighted by Crippen LogP contribution is 2.33. The third-order valence-corrected chi connectivity index (χ3v) is 5.23. The molecule has 0 saturated carbocycles. The molecule has 170 valence electrons. The number of anilines is 2. The van der Waals surface area contributed by atoms with Gasteiger partial charge in [-0.05, 0) is 84.1 Å². The maximum atomic E-state index is 13.4. The summed E-state index contributed by atoms with van der Waals surface area (Å²) in [6.45, 7) is 5.87. The summed E-state index contributed by atoms with van der Waals surface area (Å²) < 4.78 is 52.1. The molecule has 3 rings (SSSR count). The van der Waals surface area contributed by atoms with Crippen molar-refractivity contribution in [3.05, 3.63) is 114 Å². The minimum atomic E-state index is -4.37. The summed E-state index contributed by atoms with van der Waals surface area (Å²) in [5.41, 5.74) is 4.47. The topological polar surface area (TPSA) is 15.6 Å². The van der Waals surface area contributed by atoms with Gasteiger partial charge < -0.3 is 4.90 Å². The number of alkyl halides is 3. The molecule has 0 heterocycles. The van der Waals surface area contributed by atoms with E-state index in [1.165, 1.54) is 24.3 Å². The third kappa shape index (κ3) is 5.98. The highest BCUT2D eigenvalue weighted by atomic mass is 19.4. The molecule has 0 spiro atoms. The monoisotopic (exact) mass is 452 g/mol. The molecule has 0 aromatic heterocycles. The van der Waals surface area contributed by atoms with Crippen LogP contribution < -0.4 is 4.90 Å². The smallest absolute Gasteiger partial charge is 0.317 e. The Bertz CT molecular complexity index is 1160. The van der Waals surface area contributed by atoms with Crippen molar-refractivity contribution < 1.29 is 17.6 Å². The standard InChI is InChI=1S/C27H24F4N2/c1-4-33(25-13-11-24(28)12-14-25)26-18-21(8-5-19(26)2)22(15-16-32-3)17-20-6-9-23(10-7-20)27(29,30)31/h4-16,18H,1,17H2,2-3H3/b22-15+,32-16-. The maximum absolute atomic E-state index is 13.4. The van der Waals surface area contributed by atoms with Crippen LogP contribution in [0.3, 0.4) is 0 Å². The number of hydrogen-bond donors (Lipinski definition) is 0. The molecule has 0 amide bonds. The molecule has 3 aromatic carbocycles. The second-order valence-corrected chi connectivity index (χ2v) is 7.50. The lowest BCUT2D eigenvalue weighted by molar-refractivity contribution is -0.137. The van der Waals surface area contributed by atoms with E-state index in [0.29, 0.717) is 6.42 Å². The lowest BCUT2D eigenvalue weighted by Gasteiger charge is -2.23. The second kappa shape index (κ2) is 10.3. The van der Waals surface area contributed by atoms with Crippen LogP contribution in [0.2, 0.25) is 0 Å². The summed E-state index contributed by atoms with van der Waals surface area (Å²) in [4.78, 5) is 5.89. The molecule has 3 aromatic rings. The van der Waals surface area contributed by atoms with Crippen LogP contribution >= 0.6 is 0 Å². The van der Waals surface area contributed by atoms with E-state index in [1.54, 1.807) is 31.6 Å². The van der Waals surface area contributed by atoms with Crippen LogP contribution in [-0.4, -0.2) is 13.3 Å². The fourth-order valence-electron chi connectivity index (χ4n) is 3.47. The van der Waals surface area contributed by atoms with Gasteiger partial charge in [-0.3, -0.25) is 4.99 Å². The normalized spacial score (nSPS) is 12.2. The van der Waals surface area contributed by atoms with Crippen LogP contribution in [0.5, 0.6) is 0 Å². The van der Waals surface area contributed by atoms with Gasteiger partial charge in [-0.1, -0.05) is 30.8 Å². The molecular weight excluding hydrogens is 428 g/mol. The predicted octanol–water partition coefficient (Wildman–Crippen LogP) is 7.76. The third-order valence-electron chi connectivity index (χ3n) is 5.23. The molecule has 0 aliphatic rings. The number of allylic oxidation sites excluding steroid dienone is 2. The van der Waals surface area contributed by atoms with Gasteiger partial charge in [0.05, 0.1) is 5.56 Å². The van der Waals surface area contributed by atoms with Crippen LogP contribution in [0.25, 0.3) is 5.57 Å². The molecule has 0 aliphatic carbocycles. The molecule has 33 heavy (non-hydrogen) atoms. The van der Waals surface area contributed by atoms with Gasteiger partial charge in [-0.15, -0.1) is 0 Å². The zero-order valence-electron chi connectivity index (χ0n) is 18.4. The molecule has 0 unspecified atom stereocenters. The summed E-state index contributed by atoms with van der Waals surface area (Å²) in [6, 6.07) is 17.2. The maximum Gasteiger partial charge on any atom is 0.416 e. The molecule has 0 fully saturated rings. The van der Waals surface area contributed by atoms with E-state index in [9.17, 15) is 17.6 Å². The van der Waals surface area contributed by atoms with Crippen LogP contribution in [0, 0.1) is 12.7 Å². The van der Waals surface area contributed by atoms with E-state index in [4.69, 9.17) is 0 Å². The van der Waals surface area contributed by atoms with Crippen LogP contribution in [0.1, 0.15) is 22.3 Å². The number of aryl methyl sites for hydroxylation is 1. The van der Waals surface area contributed by atoms with Gasteiger partial charge in [0.1, 0.15) is 5.82 Å². The van der Waals surface area contributed by atoms with E-state index in [1.807, 2.05) is 36.1 Å². The number of hydrogen-bond acceptors (Lipinski definition) is 2. The average Bonchev–Trinajstić information content (AvgIpc) is 2.79. The Kier molecular flexibility index (Phi) is 7.48. The molecule has 0 bridgehead atoms. The number of rotatable bonds is 7. The Hall–Kier alpha value is -3.67. The van der Waals surface area contributed by atoms with Gasteiger partial charge in [0, 0.05) is 30.8 Å². The number of benzene rings is 3. The first-order chi connectivity index (χ1) is 15.7. The van der Waals surface area contributed by atoms with E-state index < -0.39 is 11.7 Å². The zero-order chi connectivity index (χ0) is 24.0. The number of aliphatic imine (C=N–C) groups is 1. The molecule has 0 N–H and O–H groups in total. The molecule has 2 nitrogen and oxygen atoms in total. The number of halogens is 4. The summed E-state index contributed by atoms with van der Waals surface area (Å²) in [5.74, 6) is -0.325. The SMILES string of the molecule is C=CN(c1ccc(F)cc1)c1cc(/C(=C/C=N\C)Cc2ccc(C(F)(F)F)cc2)ccc1C. The van der Waals surface area contributed by atoms with Crippen molar-refractivity contribution in [3.63, 3.8) is 0 Å². The van der Waals surface area contributed by atoms with E-state index in [0.717, 1.165) is 45.8 Å². The van der Waals surface area contributed by atoms with Crippen molar-refractivity contribution >= 4 is 23.2 Å². The largest absolute Gasteiger partial charge is 0.416 e. The fraction of sp³-hybridized carbons (Fsp3) is 0.148. The quantitative estimate of drug-likeness (QED) is 0.264. The fourth-order valence-corrected chi connectivity index (χ4v) is 3.47. The van der Waals surface area contributed by atoms with Gasteiger partial charge in [0.15, 0.2) is 0 Å². The summed E-state index contributed by atoms with van der Waals surface area (Å²) >= 11 is 0. The summed E-state index contributed by atoms with van der Waals surface area (Å²) in [7, 11) is 1.65. The Morgan fingerprint density at radius 1 is 1.00 bits per heavy atom. The lowest BCUT2D eigenvalue weighted by Crippen LogP contribution is -2.10. The average molecular weight is 452 g/mol.